The van der Waals surface area contributed by atoms with Gasteiger partial charge < -0.3 is 15.1 Å². The third-order valence-corrected chi connectivity index (χ3v) is 4.02. The number of fused-ring (bicyclic) bond motifs is 1. The normalized spacial score (nSPS) is 19.4. The molecule has 8 heteroatoms. The highest BCUT2D eigenvalue weighted by Crippen LogP contribution is 2.48. The van der Waals surface area contributed by atoms with Gasteiger partial charge in [-0.2, -0.15) is 0 Å². The molecule has 3 N–H and O–H groups in total. The summed E-state index contributed by atoms with van der Waals surface area (Å²) in [6.45, 7) is 0.288. The monoisotopic (exact) mass is 327 g/mol. The number of hydrogen-bond acceptors (Lipinski definition) is 3. The van der Waals surface area contributed by atoms with Crippen LogP contribution in [-0.2, 0) is 9.09 Å². The third kappa shape index (κ3) is 2.42. The maximum atomic E-state index is 10.8. The SMILES string of the molecule is O=P(O)(O)OC1CNc2ccc(Br)c(Cl)c21. The second-order valence-electron chi connectivity index (χ2n) is 3.29. The summed E-state index contributed by atoms with van der Waals surface area (Å²) in [5.74, 6) is 0. The molecule has 0 aliphatic carbocycles. The minimum atomic E-state index is -4.52. The lowest BCUT2D eigenvalue weighted by atomic mass is 10.1. The van der Waals surface area contributed by atoms with Crippen molar-refractivity contribution in [1.82, 2.24) is 0 Å². The molecule has 0 amide bonds. The number of phosphoric ester groups is 1. The Morgan fingerprint density at radius 1 is 1.56 bits per heavy atom. The molecule has 2 rings (SSSR count). The van der Waals surface area contributed by atoms with E-state index in [1.807, 2.05) is 0 Å². The van der Waals surface area contributed by atoms with E-state index in [1.54, 1.807) is 12.1 Å². The predicted octanol–water partition coefficient (Wildman–Crippen LogP) is 2.68. The number of rotatable bonds is 2. The topological polar surface area (TPSA) is 78.8 Å². The van der Waals surface area contributed by atoms with Gasteiger partial charge in [0.2, 0.25) is 0 Å². The van der Waals surface area contributed by atoms with Crippen LogP contribution in [-0.4, -0.2) is 16.3 Å². The zero-order valence-corrected chi connectivity index (χ0v) is 11.1. The highest BCUT2D eigenvalue weighted by Gasteiger charge is 2.32. The maximum absolute atomic E-state index is 10.8. The zero-order valence-electron chi connectivity index (χ0n) is 7.85. The molecule has 0 fully saturated rings. The molecule has 1 atom stereocenters. The van der Waals surface area contributed by atoms with Crippen LogP contribution >= 0.6 is 35.4 Å². The fourth-order valence-electron chi connectivity index (χ4n) is 1.60. The van der Waals surface area contributed by atoms with Crippen molar-refractivity contribution < 1.29 is 18.9 Å². The summed E-state index contributed by atoms with van der Waals surface area (Å²) in [6, 6.07) is 3.53. The van der Waals surface area contributed by atoms with E-state index in [4.69, 9.17) is 21.4 Å². The minimum absolute atomic E-state index is 0.288. The van der Waals surface area contributed by atoms with Crippen molar-refractivity contribution in [1.29, 1.82) is 0 Å². The number of benzene rings is 1. The second-order valence-corrected chi connectivity index (χ2v) is 5.71. The average Bonchev–Trinajstić information content (AvgIpc) is 2.53. The summed E-state index contributed by atoms with van der Waals surface area (Å²) in [6.07, 6.45) is -0.735. The van der Waals surface area contributed by atoms with E-state index in [9.17, 15) is 4.57 Å². The first kappa shape index (κ1) is 12.4. The highest BCUT2D eigenvalue weighted by atomic mass is 79.9. The van der Waals surface area contributed by atoms with Crippen molar-refractivity contribution in [2.75, 3.05) is 11.9 Å². The van der Waals surface area contributed by atoms with Gasteiger partial charge in [0.25, 0.3) is 0 Å². The molecule has 0 radical (unpaired) electrons. The van der Waals surface area contributed by atoms with Gasteiger partial charge in [0.05, 0.1) is 5.02 Å². The molecule has 1 aromatic carbocycles. The minimum Gasteiger partial charge on any atom is -0.382 e. The smallest absolute Gasteiger partial charge is 0.382 e. The van der Waals surface area contributed by atoms with Crippen molar-refractivity contribution in [2.24, 2.45) is 0 Å². The van der Waals surface area contributed by atoms with Gasteiger partial charge in [-0.15, -0.1) is 0 Å². The van der Waals surface area contributed by atoms with Crippen molar-refractivity contribution in [2.45, 2.75) is 6.10 Å². The number of halogens is 2. The Hall–Kier alpha value is -0.100. The first-order valence-corrected chi connectivity index (χ1v) is 7.04. The summed E-state index contributed by atoms with van der Waals surface area (Å²) in [7, 11) is -4.52. The Morgan fingerprint density at radius 3 is 2.88 bits per heavy atom. The first-order valence-electron chi connectivity index (χ1n) is 4.34. The molecule has 88 valence electrons. The molecule has 0 saturated heterocycles. The van der Waals surface area contributed by atoms with Crippen LogP contribution in [0.4, 0.5) is 5.69 Å². The maximum Gasteiger partial charge on any atom is 0.470 e. The van der Waals surface area contributed by atoms with Crippen LogP contribution in [0.2, 0.25) is 5.02 Å². The molecular weight excluding hydrogens is 320 g/mol. The van der Waals surface area contributed by atoms with Gasteiger partial charge in [-0.1, -0.05) is 11.6 Å². The van der Waals surface area contributed by atoms with E-state index in [1.165, 1.54) is 0 Å². The van der Waals surface area contributed by atoms with E-state index in [0.717, 1.165) is 5.69 Å². The number of phosphoric acid groups is 1. The molecule has 0 saturated carbocycles. The molecule has 5 nitrogen and oxygen atoms in total. The molecule has 1 aliphatic heterocycles. The van der Waals surface area contributed by atoms with Crippen molar-refractivity contribution in [3.05, 3.63) is 27.2 Å². The highest BCUT2D eigenvalue weighted by molar-refractivity contribution is 9.10. The predicted molar refractivity (Wildman–Crippen MR) is 63.5 cm³/mol. The molecule has 1 aliphatic rings. The summed E-state index contributed by atoms with van der Waals surface area (Å²) >= 11 is 9.29. The number of anilines is 1. The van der Waals surface area contributed by atoms with Gasteiger partial charge >= 0.3 is 7.82 Å². The second kappa shape index (κ2) is 4.29. The molecule has 1 heterocycles. The van der Waals surface area contributed by atoms with Crippen LogP contribution in [0.1, 0.15) is 11.7 Å². The molecule has 1 aromatic rings. The lowest BCUT2D eigenvalue weighted by Crippen LogP contribution is -2.05. The van der Waals surface area contributed by atoms with E-state index < -0.39 is 13.9 Å². The van der Waals surface area contributed by atoms with Crippen molar-refractivity contribution >= 4 is 41.0 Å². The van der Waals surface area contributed by atoms with Gasteiger partial charge in [0.15, 0.2) is 0 Å². The molecule has 0 aromatic heterocycles. The fourth-order valence-corrected chi connectivity index (χ4v) is 2.74. The Bertz CT molecular complexity index is 477. The van der Waals surface area contributed by atoms with Crippen molar-refractivity contribution in [3.8, 4) is 0 Å². The van der Waals surface area contributed by atoms with Crippen LogP contribution in [0.5, 0.6) is 0 Å². The standard InChI is InChI=1S/C8H8BrClNO4P/c9-4-1-2-5-7(8(4)10)6(3-11-5)15-16(12,13)14/h1-2,6,11H,3H2,(H2,12,13,14). The Balaban J connectivity index is 2.39. The number of nitrogens with one attached hydrogen (secondary N) is 1. The lowest BCUT2D eigenvalue weighted by molar-refractivity contribution is 0.146. The van der Waals surface area contributed by atoms with Gasteiger partial charge in [-0.25, -0.2) is 4.57 Å². The summed E-state index contributed by atoms with van der Waals surface area (Å²) in [5, 5.41) is 3.37. The van der Waals surface area contributed by atoms with E-state index in [-0.39, 0.29) is 6.54 Å². The van der Waals surface area contributed by atoms with Crippen LogP contribution in [0.3, 0.4) is 0 Å². The molecular formula is C8H8BrClNO4P. The number of hydrogen-bond donors (Lipinski definition) is 3. The average molecular weight is 328 g/mol. The van der Waals surface area contributed by atoms with E-state index >= 15 is 0 Å². The van der Waals surface area contributed by atoms with Gasteiger partial charge in [0, 0.05) is 22.3 Å². The van der Waals surface area contributed by atoms with Gasteiger partial charge in [0.1, 0.15) is 6.10 Å². The van der Waals surface area contributed by atoms with Crippen molar-refractivity contribution in [3.63, 3.8) is 0 Å². The van der Waals surface area contributed by atoms with Crippen LogP contribution in [0, 0.1) is 0 Å². The molecule has 0 bridgehead atoms. The van der Waals surface area contributed by atoms with Crippen LogP contribution in [0.25, 0.3) is 0 Å². The first-order chi connectivity index (χ1) is 7.38. The van der Waals surface area contributed by atoms with Gasteiger partial charge in [-0.3, -0.25) is 4.52 Å². The summed E-state index contributed by atoms with van der Waals surface area (Å²) in [5.41, 5.74) is 1.30. The van der Waals surface area contributed by atoms with E-state index in [0.29, 0.717) is 15.1 Å². The molecule has 0 spiro atoms. The molecule has 16 heavy (non-hydrogen) atoms. The zero-order chi connectivity index (χ0) is 11.9. The van der Waals surface area contributed by atoms with Crippen LogP contribution in [0.15, 0.2) is 16.6 Å². The lowest BCUT2D eigenvalue weighted by Gasteiger charge is -2.14. The third-order valence-electron chi connectivity index (χ3n) is 2.20. The fraction of sp³-hybridized carbons (Fsp3) is 0.250. The van der Waals surface area contributed by atoms with Crippen LogP contribution < -0.4 is 5.32 Å². The molecule has 1 unspecified atom stereocenters. The summed E-state index contributed by atoms with van der Waals surface area (Å²) < 4.78 is 16.1. The Kier molecular flexibility index (Phi) is 3.32. The Labute approximate surface area is 105 Å². The summed E-state index contributed by atoms with van der Waals surface area (Å²) in [4.78, 5) is 17.5. The largest absolute Gasteiger partial charge is 0.470 e. The van der Waals surface area contributed by atoms with Gasteiger partial charge in [-0.05, 0) is 28.1 Å². The van der Waals surface area contributed by atoms with E-state index in [2.05, 4.69) is 25.8 Å². The quantitative estimate of drug-likeness (QED) is 0.728. The Morgan fingerprint density at radius 2 is 2.25 bits per heavy atom.